The van der Waals surface area contributed by atoms with Crippen molar-refractivity contribution in [3.05, 3.63) is 47.1 Å². The topological polar surface area (TPSA) is 60.7 Å². The van der Waals surface area contributed by atoms with Gasteiger partial charge < -0.3 is 15.3 Å². The monoisotopic (exact) mass is 288 g/mol. The van der Waals surface area contributed by atoms with Gasteiger partial charge in [-0.2, -0.15) is 0 Å². The van der Waals surface area contributed by atoms with Crippen molar-refractivity contribution in [1.29, 1.82) is 0 Å². The summed E-state index contributed by atoms with van der Waals surface area (Å²) in [6.45, 7) is 9.78. The molecule has 3 N–H and O–H groups in total. The first kappa shape index (κ1) is 15.6. The maximum absolute atomic E-state index is 10.3. The first-order valence-electron chi connectivity index (χ1n) is 7.41. The molecule has 0 spiro atoms. The lowest BCUT2D eigenvalue weighted by atomic mass is 9.72. The minimum atomic E-state index is -0.484. The van der Waals surface area contributed by atoms with Crippen LogP contribution in [0.1, 0.15) is 44.2 Å². The Balaban J connectivity index is 2.55. The zero-order valence-electron chi connectivity index (χ0n) is 12.9. The highest BCUT2D eigenvalue weighted by Crippen LogP contribution is 2.46. The van der Waals surface area contributed by atoms with Crippen molar-refractivity contribution in [2.45, 2.75) is 45.6 Å². The zero-order valence-corrected chi connectivity index (χ0v) is 12.9. The quantitative estimate of drug-likeness (QED) is 0.744. The lowest BCUT2D eigenvalue weighted by Crippen LogP contribution is -2.26. The van der Waals surface area contributed by atoms with Crippen LogP contribution >= 0.6 is 0 Å². The van der Waals surface area contributed by atoms with Crippen LogP contribution in [0, 0.1) is 5.92 Å². The van der Waals surface area contributed by atoms with Gasteiger partial charge in [-0.05, 0) is 55.9 Å². The Kier molecular flexibility index (Phi) is 4.43. The number of benzene rings is 1. The molecule has 21 heavy (non-hydrogen) atoms. The van der Waals surface area contributed by atoms with E-state index in [-0.39, 0.29) is 23.3 Å². The number of phenols is 2. The van der Waals surface area contributed by atoms with Gasteiger partial charge in [-0.1, -0.05) is 25.2 Å². The van der Waals surface area contributed by atoms with E-state index in [0.717, 1.165) is 23.1 Å². The van der Waals surface area contributed by atoms with E-state index in [1.54, 1.807) is 12.1 Å². The van der Waals surface area contributed by atoms with Crippen molar-refractivity contribution >= 4 is 0 Å². The third-order valence-electron chi connectivity index (χ3n) is 4.45. The first-order chi connectivity index (χ1) is 9.85. The van der Waals surface area contributed by atoms with E-state index >= 15 is 0 Å². The van der Waals surface area contributed by atoms with E-state index < -0.39 is 6.10 Å². The molecule has 1 aliphatic rings. The number of aliphatic hydroxyl groups is 1. The fourth-order valence-electron chi connectivity index (χ4n) is 3.10. The summed E-state index contributed by atoms with van der Waals surface area (Å²) in [5, 5.41) is 30.7. The Morgan fingerprint density at radius 3 is 2.33 bits per heavy atom. The molecule has 0 amide bonds. The molecule has 0 saturated carbocycles. The molecular weight excluding hydrogens is 264 g/mol. The van der Waals surface area contributed by atoms with Gasteiger partial charge in [0.15, 0.2) is 0 Å². The number of allylic oxidation sites excluding steroid dienone is 2. The third kappa shape index (κ3) is 2.98. The van der Waals surface area contributed by atoms with Gasteiger partial charge in [0.05, 0.1) is 6.10 Å². The summed E-state index contributed by atoms with van der Waals surface area (Å²) in [5.41, 5.74) is 3.25. The van der Waals surface area contributed by atoms with Gasteiger partial charge in [-0.25, -0.2) is 0 Å². The molecule has 0 radical (unpaired) electrons. The number of hydrogen-bond acceptors (Lipinski definition) is 3. The first-order valence-corrected chi connectivity index (χ1v) is 7.41. The molecule has 0 aromatic heterocycles. The van der Waals surface area contributed by atoms with E-state index in [1.807, 2.05) is 26.8 Å². The van der Waals surface area contributed by atoms with Crippen molar-refractivity contribution in [1.82, 2.24) is 0 Å². The largest absolute Gasteiger partial charge is 0.507 e. The van der Waals surface area contributed by atoms with Gasteiger partial charge >= 0.3 is 0 Å². The van der Waals surface area contributed by atoms with Crippen molar-refractivity contribution in [2.75, 3.05) is 0 Å². The third-order valence-corrected chi connectivity index (χ3v) is 4.45. The Bertz CT molecular complexity index is 563. The van der Waals surface area contributed by atoms with Gasteiger partial charge in [-0.15, -0.1) is 0 Å². The molecule has 0 unspecified atom stereocenters. The van der Waals surface area contributed by atoms with Crippen LogP contribution in [0.5, 0.6) is 11.5 Å². The molecule has 2 rings (SSSR count). The van der Waals surface area contributed by atoms with Gasteiger partial charge in [0.2, 0.25) is 0 Å². The van der Waals surface area contributed by atoms with Crippen LogP contribution in [0.3, 0.4) is 0 Å². The molecule has 0 saturated heterocycles. The Morgan fingerprint density at radius 2 is 1.86 bits per heavy atom. The molecule has 3 nitrogen and oxygen atoms in total. The zero-order chi connectivity index (χ0) is 15.7. The summed E-state index contributed by atoms with van der Waals surface area (Å²) in [7, 11) is 0. The van der Waals surface area contributed by atoms with Crippen molar-refractivity contribution in [3.63, 3.8) is 0 Å². The lowest BCUT2D eigenvalue weighted by molar-refractivity contribution is 0.168. The maximum atomic E-state index is 10.3. The second-order valence-corrected chi connectivity index (χ2v) is 6.04. The number of aromatic hydroxyl groups is 2. The summed E-state index contributed by atoms with van der Waals surface area (Å²) in [5.74, 6) is 0.0804. The molecular formula is C18H24O3. The number of aryl methyl sites for hydroxylation is 1. The summed E-state index contributed by atoms with van der Waals surface area (Å²) >= 11 is 0. The predicted molar refractivity (Wildman–Crippen MR) is 84.6 cm³/mol. The fraction of sp³-hybridized carbons (Fsp3) is 0.444. The summed E-state index contributed by atoms with van der Waals surface area (Å²) in [4.78, 5) is 0. The van der Waals surface area contributed by atoms with Gasteiger partial charge in [0.1, 0.15) is 11.5 Å². The molecule has 0 heterocycles. The van der Waals surface area contributed by atoms with E-state index in [9.17, 15) is 15.3 Å². The smallest absolute Gasteiger partial charge is 0.123 e. The number of aliphatic hydroxyl groups excluding tert-OH is 1. The van der Waals surface area contributed by atoms with Crippen LogP contribution < -0.4 is 0 Å². The number of hydrogen-bond donors (Lipinski definition) is 3. The highest BCUT2D eigenvalue weighted by molar-refractivity contribution is 5.52. The summed E-state index contributed by atoms with van der Waals surface area (Å²) in [6.07, 6.45) is 2.77. The van der Waals surface area contributed by atoms with Gasteiger partial charge in [0.25, 0.3) is 0 Å². The molecule has 1 aromatic rings. The Labute approximate surface area is 126 Å². The maximum Gasteiger partial charge on any atom is 0.123 e. The van der Waals surface area contributed by atoms with Crippen LogP contribution in [0.4, 0.5) is 0 Å². The summed E-state index contributed by atoms with van der Waals surface area (Å²) < 4.78 is 0. The minimum absolute atomic E-state index is 0.00739. The normalized spacial score (nSPS) is 25.5. The van der Waals surface area contributed by atoms with Crippen molar-refractivity contribution < 1.29 is 15.3 Å². The molecule has 0 aliphatic heterocycles. The number of phenolic OH excluding ortho intramolecular Hbond substituents is 2. The van der Waals surface area contributed by atoms with Crippen molar-refractivity contribution in [2.24, 2.45) is 5.92 Å². The Morgan fingerprint density at radius 1 is 1.29 bits per heavy atom. The van der Waals surface area contributed by atoms with E-state index in [1.165, 1.54) is 0 Å². The lowest BCUT2D eigenvalue weighted by Gasteiger charge is -2.34. The van der Waals surface area contributed by atoms with E-state index in [4.69, 9.17) is 0 Å². The standard InChI is InChI=1S/C18H24O3/c1-5-12-7-16(20)18(17(21)8-12)14-6-11(4)15(19)9-13(14)10(2)3/h6-8,13-15,19-21H,2,5,9H2,1,3-4H3/t13-,14+,15-/m0/s1. The van der Waals surface area contributed by atoms with Crippen LogP contribution in [0.15, 0.2) is 35.9 Å². The van der Waals surface area contributed by atoms with E-state index in [2.05, 4.69) is 6.58 Å². The average molecular weight is 288 g/mol. The fourth-order valence-corrected chi connectivity index (χ4v) is 3.10. The van der Waals surface area contributed by atoms with Gasteiger partial charge in [-0.3, -0.25) is 0 Å². The second kappa shape index (κ2) is 5.94. The van der Waals surface area contributed by atoms with Crippen LogP contribution in [0.25, 0.3) is 0 Å². The molecule has 0 bridgehead atoms. The predicted octanol–water partition coefficient (Wildman–Crippen LogP) is 3.65. The minimum Gasteiger partial charge on any atom is -0.507 e. The average Bonchev–Trinajstić information content (AvgIpc) is 2.41. The highest BCUT2D eigenvalue weighted by atomic mass is 16.3. The molecule has 3 atom stereocenters. The highest BCUT2D eigenvalue weighted by Gasteiger charge is 2.33. The van der Waals surface area contributed by atoms with Gasteiger partial charge in [0, 0.05) is 11.5 Å². The SMILES string of the molecule is C=C(C)[C@@H]1C[C@H](O)C(C)=C[C@H]1c1c(O)cc(CC)cc1O. The second-order valence-electron chi connectivity index (χ2n) is 6.04. The van der Waals surface area contributed by atoms with Crippen LogP contribution in [-0.4, -0.2) is 21.4 Å². The molecule has 1 aliphatic carbocycles. The van der Waals surface area contributed by atoms with E-state index in [0.29, 0.717) is 12.0 Å². The molecule has 0 fully saturated rings. The summed E-state index contributed by atoms with van der Waals surface area (Å²) in [6, 6.07) is 3.41. The van der Waals surface area contributed by atoms with Crippen LogP contribution in [0.2, 0.25) is 0 Å². The molecule has 1 aromatic carbocycles. The Hall–Kier alpha value is -1.74. The molecule has 3 heteroatoms. The van der Waals surface area contributed by atoms with Crippen LogP contribution in [-0.2, 0) is 6.42 Å². The van der Waals surface area contributed by atoms with Crippen molar-refractivity contribution in [3.8, 4) is 11.5 Å². The molecule has 114 valence electrons. The number of rotatable bonds is 3.